The highest BCUT2D eigenvalue weighted by Gasteiger charge is 2.28. The first-order chi connectivity index (χ1) is 12.6. The Balaban J connectivity index is 1.58. The van der Waals surface area contributed by atoms with Crippen LogP contribution >= 0.6 is 11.6 Å². The van der Waals surface area contributed by atoms with Gasteiger partial charge < -0.3 is 15.0 Å². The fraction of sp³-hybridized carbons (Fsp3) is 0.286. The van der Waals surface area contributed by atoms with E-state index in [9.17, 15) is 4.79 Å². The van der Waals surface area contributed by atoms with E-state index in [0.717, 1.165) is 30.3 Å². The fourth-order valence-corrected chi connectivity index (χ4v) is 3.91. The summed E-state index contributed by atoms with van der Waals surface area (Å²) in [5, 5.41) is 4.89. The number of para-hydroxylation sites is 1. The number of aromatic nitrogens is 1. The van der Waals surface area contributed by atoms with Crippen LogP contribution in [0.15, 0.2) is 36.4 Å². The Labute approximate surface area is 157 Å². The Morgan fingerprint density at radius 3 is 2.92 bits per heavy atom. The number of aromatic amines is 1. The monoisotopic (exact) mass is 368 g/mol. The molecule has 2 aromatic carbocycles. The Morgan fingerprint density at radius 2 is 2.12 bits per heavy atom. The molecule has 0 fully saturated rings. The molecule has 3 aromatic rings. The molecule has 1 aromatic heterocycles. The zero-order chi connectivity index (χ0) is 18.3. The van der Waals surface area contributed by atoms with E-state index in [1.165, 1.54) is 16.6 Å². The van der Waals surface area contributed by atoms with Gasteiger partial charge in [-0.05, 0) is 49.4 Å². The van der Waals surface area contributed by atoms with Gasteiger partial charge in [0.15, 0.2) is 0 Å². The zero-order valence-corrected chi connectivity index (χ0v) is 15.6. The lowest BCUT2D eigenvalue weighted by molar-refractivity contribution is -0.120. The molecule has 0 saturated heterocycles. The van der Waals surface area contributed by atoms with Crippen molar-refractivity contribution >= 4 is 34.1 Å². The quantitative estimate of drug-likeness (QED) is 0.692. The van der Waals surface area contributed by atoms with Crippen molar-refractivity contribution < 1.29 is 9.53 Å². The van der Waals surface area contributed by atoms with Crippen molar-refractivity contribution in [1.82, 2.24) is 4.98 Å². The van der Waals surface area contributed by atoms with E-state index in [0.29, 0.717) is 16.5 Å². The van der Waals surface area contributed by atoms with Crippen LogP contribution < -0.4 is 10.1 Å². The topological polar surface area (TPSA) is 54.1 Å². The molecule has 1 atom stereocenters. The smallest absolute Gasteiger partial charge is 0.227 e. The highest BCUT2D eigenvalue weighted by molar-refractivity contribution is 6.31. The average Bonchev–Trinajstić information content (AvgIpc) is 3.02. The van der Waals surface area contributed by atoms with Crippen LogP contribution in [0, 0.1) is 12.8 Å². The van der Waals surface area contributed by atoms with Crippen molar-refractivity contribution in [2.75, 3.05) is 12.4 Å². The number of carbonyl (C=O) groups is 1. The van der Waals surface area contributed by atoms with Crippen LogP contribution in [0.1, 0.15) is 23.2 Å². The third kappa shape index (κ3) is 2.95. The summed E-state index contributed by atoms with van der Waals surface area (Å²) in [6, 6.07) is 11.9. The van der Waals surface area contributed by atoms with Crippen LogP contribution in [0.2, 0.25) is 5.02 Å². The number of carbonyl (C=O) groups excluding carboxylic acids is 1. The van der Waals surface area contributed by atoms with E-state index < -0.39 is 0 Å². The molecule has 1 aliphatic rings. The summed E-state index contributed by atoms with van der Waals surface area (Å²) in [7, 11) is 1.58. The summed E-state index contributed by atoms with van der Waals surface area (Å²) < 4.78 is 5.37. The predicted octanol–water partition coefficient (Wildman–Crippen LogP) is 4.88. The van der Waals surface area contributed by atoms with Crippen LogP contribution in [0.3, 0.4) is 0 Å². The van der Waals surface area contributed by atoms with Crippen molar-refractivity contribution in [3.05, 3.63) is 58.2 Å². The van der Waals surface area contributed by atoms with E-state index in [2.05, 4.69) is 22.4 Å². The van der Waals surface area contributed by atoms with Gasteiger partial charge in [-0.3, -0.25) is 4.79 Å². The molecule has 2 N–H and O–H groups in total. The lowest BCUT2D eigenvalue weighted by Crippen LogP contribution is -2.28. The maximum absolute atomic E-state index is 12.9. The second kappa shape index (κ2) is 6.69. The molecule has 4 rings (SSSR count). The highest BCUT2D eigenvalue weighted by atomic mass is 35.5. The first-order valence-corrected chi connectivity index (χ1v) is 9.18. The van der Waals surface area contributed by atoms with Gasteiger partial charge in [-0.15, -0.1) is 0 Å². The molecule has 134 valence electrons. The zero-order valence-electron chi connectivity index (χ0n) is 14.9. The minimum atomic E-state index is -0.0533. The number of methoxy groups -OCH3 is 1. The number of hydrogen-bond donors (Lipinski definition) is 2. The molecule has 0 saturated carbocycles. The standard InChI is InChI=1S/C21H21ClN2O2/c1-12-9-19(20(26-2)11-16(12)22)24-21(25)13-7-8-18-15(10-13)14-5-3-4-6-17(14)23-18/h3-6,9,11,13,23H,7-8,10H2,1-2H3,(H,24,25). The second-order valence-electron chi connectivity index (χ2n) is 6.86. The van der Waals surface area contributed by atoms with Gasteiger partial charge >= 0.3 is 0 Å². The van der Waals surface area contributed by atoms with Crippen LogP contribution in [-0.2, 0) is 17.6 Å². The van der Waals surface area contributed by atoms with E-state index in [1.54, 1.807) is 13.2 Å². The van der Waals surface area contributed by atoms with Gasteiger partial charge in [-0.25, -0.2) is 0 Å². The number of fused-ring (bicyclic) bond motifs is 3. The first kappa shape index (κ1) is 17.0. The molecule has 0 spiro atoms. The van der Waals surface area contributed by atoms with Gasteiger partial charge in [-0.2, -0.15) is 0 Å². The number of nitrogens with one attached hydrogen (secondary N) is 2. The van der Waals surface area contributed by atoms with E-state index in [4.69, 9.17) is 16.3 Å². The Kier molecular flexibility index (Phi) is 4.37. The molecule has 26 heavy (non-hydrogen) atoms. The number of rotatable bonds is 3. The summed E-state index contributed by atoms with van der Waals surface area (Å²) in [4.78, 5) is 16.4. The third-order valence-corrected chi connectivity index (χ3v) is 5.61. The van der Waals surface area contributed by atoms with Crippen LogP contribution in [0.4, 0.5) is 5.69 Å². The molecule has 0 radical (unpaired) electrons. The summed E-state index contributed by atoms with van der Waals surface area (Å²) in [6.45, 7) is 1.91. The minimum absolute atomic E-state index is 0.0287. The van der Waals surface area contributed by atoms with Gasteiger partial charge in [-0.1, -0.05) is 29.8 Å². The number of ether oxygens (including phenoxy) is 1. The maximum atomic E-state index is 12.9. The van der Waals surface area contributed by atoms with E-state index in [1.807, 2.05) is 25.1 Å². The first-order valence-electron chi connectivity index (χ1n) is 8.80. The largest absolute Gasteiger partial charge is 0.495 e. The van der Waals surface area contributed by atoms with Gasteiger partial charge in [0.1, 0.15) is 5.75 Å². The maximum Gasteiger partial charge on any atom is 0.227 e. The molecule has 0 bridgehead atoms. The van der Waals surface area contributed by atoms with Gasteiger partial charge in [0.05, 0.1) is 12.8 Å². The number of halogens is 1. The van der Waals surface area contributed by atoms with Crippen LogP contribution in [0.25, 0.3) is 10.9 Å². The average molecular weight is 369 g/mol. The van der Waals surface area contributed by atoms with Crippen molar-refractivity contribution in [2.45, 2.75) is 26.2 Å². The van der Waals surface area contributed by atoms with E-state index in [-0.39, 0.29) is 11.8 Å². The van der Waals surface area contributed by atoms with Crippen LogP contribution in [0.5, 0.6) is 5.75 Å². The minimum Gasteiger partial charge on any atom is -0.495 e. The van der Waals surface area contributed by atoms with Gasteiger partial charge in [0, 0.05) is 33.6 Å². The Morgan fingerprint density at radius 1 is 1.31 bits per heavy atom. The normalized spacial score (nSPS) is 16.3. The SMILES string of the molecule is COc1cc(Cl)c(C)cc1NC(=O)C1CCc2[nH]c3ccccc3c2C1. The number of aryl methyl sites for hydroxylation is 2. The van der Waals surface area contributed by atoms with Crippen LogP contribution in [-0.4, -0.2) is 18.0 Å². The molecular formula is C21H21ClN2O2. The summed E-state index contributed by atoms with van der Waals surface area (Å²) in [5.74, 6) is 0.556. The molecule has 1 aliphatic carbocycles. The number of H-pyrrole nitrogens is 1. The van der Waals surface area contributed by atoms with Gasteiger partial charge in [0.2, 0.25) is 5.91 Å². The molecule has 1 heterocycles. The van der Waals surface area contributed by atoms with Gasteiger partial charge in [0.25, 0.3) is 0 Å². The van der Waals surface area contributed by atoms with Crippen molar-refractivity contribution in [1.29, 1.82) is 0 Å². The second-order valence-corrected chi connectivity index (χ2v) is 7.27. The summed E-state index contributed by atoms with van der Waals surface area (Å²) >= 11 is 6.15. The predicted molar refractivity (Wildman–Crippen MR) is 105 cm³/mol. The van der Waals surface area contributed by atoms with Crippen molar-refractivity contribution in [2.24, 2.45) is 5.92 Å². The lowest BCUT2D eigenvalue weighted by atomic mass is 9.85. The summed E-state index contributed by atoms with van der Waals surface area (Å²) in [6.07, 6.45) is 2.47. The Bertz CT molecular complexity index is 993. The Hall–Kier alpha value is -2.46. The number of hydrogen-bond acceptors (Lipinski definition) is 2. The summed E-state index contributed by atoms with van der Waals surface area (Å²) in [5.41, 5.74) is 5.25. The number of anilines is 1. The molecule has 4 nitrogen and oxygen atoms in total. The molecular weight excluding hydrogens is 348 g/mol. The lowest BCUT2D eigenvalue weighted by Gasteiger charge is -2.22. The van der Waals surface area contributed by atoms with Crippen molar-refractivity contribution in [3.63, 3.8) is 0 Å². The van der Waals surface area contributed by atoms with E-state index >= 15 is 0 Å². The number of benzene rings is 2. The number of amides is 1. The fourth-order valence-electron chi connectivity index (χ4n) is 3.76. The van der Waals surface area contributed by atoms with Crippen molar-refractivity contribution in [3.8, 4) is 5.75 Å². The molecule has 0 aliphatic heterocycles. The highest BCUT2D eigenvalue weighted by Crippen LogP contribution is 2.34. The third-order valence-electron chi connectivity index (χ3n) is 5.20. The molecule has 1 amide bonds. The molecule has 5 heteroatoms. The molecule has 1 unspecified atom stereocenters.